The first kappa shape index (κ1) is 10.2. The lowest BCUT2D eigenvalue weighted by Crippen LogP contribution is -2.28. The molecule has 0 aromatic rings. The van der Waals surface area contributed by atoms with E-state index in [9.17, 15) is 0 Å². The summed E-state index contributed by atoms with van der Waals surface area (Å²) in [5, 5.41) is 0. The quantitative estimate of drug-likeness (QED) is 0.629. The predicted octanol–water partition coefficient (Wildman–Crippen LogP) is 1.73. The van der Waals surface area contributed by atoms with Crippen LogP contribution in [0.5, 0.6) is 0 Å². The zero-order chi connectivity index (χ0) is 9.80. The molecule has 14 heavy (non-hydrogen) atoms. The van der Waals surface area contributed by atoms with Crippen LogP contribution >= 0.6 is 0 Å². The van der Waals surface area contributed by atoms with Crippen LogP contribution in [0.1, 0.15) is 25.7 Å². The first-order chi connectivity index (χ1) is 6.84. The van der Waals surface area contributed by atoms with Crippen LogP contribution in [0.4, 0.5) is 0 Å². The molecular formula is C12H22N2. The Bertz CT molecular complexity index is 168. The monoisotopic (exact) mass is 194 g/mol. The van der Waals surface area contributed by atoms with Gasteiger partial charge in [0.1, 0.15) is 0 Å². The van der Waals surface area contributed by atoms with Gasteiger partial charge >= 0.3 is 0 Å². The molecule has 0 atom stereocenters. The van der Waals surface area contributed by atoms with Gasteiger partial charge in [0.05, 0.1) is 0 Å². The molecule has 80 valence electrons. The SMILES string of the molecule is C=C(CN1CCCC1)CN1CCCC1. The molecule has 0 aromatic heterocycles. The molecule has 0 N–H and O–H groups in total. The minimum Gasteiger partial charge on any atom is -0.299 e. The second-order valence-corrected chi connectivity index (χ2v) is 4.72. The molecule has 2 aliphatic heterocycles. The van der Waals surface area contributed by atoms with Crippen molar-refractivity contribution in [2.75, 3.05) is 39.3 Å². The van der Waals surface area contributed by atoms with Crippen LogP contribution in [0.25, 0.3) is 0 Å². The third kappa shape index (κ3) is 2.82. The Kier molecular flexibility index (Phi) is 3.60. The average Bonchev–Trinajstić information content (AvgIpc) is 2.76. The van der Waals surface area contributed by atoms with Gasteiger partial charge in [-0.3, -0.25) is 9.80 Å². The van der Waals surface area contributed by atoms with Crippen molar-refractivity contribution in [1.29, 1.82) is 0 Å². The van der Waals surface area contributed by atoms with Crippen molar-refractivity contribution in [3.8, 4) is 0 Å². The van der Waals surface area contributed by atoms with E-state index in [-0.39, 0.29) is 0 Å². The minimum absolute atomic E-state index is 1.14. The van der Waals surface area contributed by atoms with E-state index in [1.165, 1.54) is 57.4 Å². The first-order valence-electron chi connectivity index (χ1n) is 5.96. The molecular weight excluding hydrogens is 172 g/mol. The van der Waals surface area contributed by atoms with Crippen molar-refractivity contribution < 1.29 is 0 Å². The van der Waals surface area contributed by atoms with Gasteiger partial charge in [-0.1, -0.05) is 6.58 Å². The van der Waals surface area contributed by atoms with Crippen LogP contribution in [-0.2, 0) is 0 Å². The zero-order valence-corrected chi connectivity index (χ0v) is 9.17. The molecule has 2 heterocycles. The van der Waals surface area contributed by atoms with E-state index < -0.39 is 0 Å². The van der Waals surface area contributed by atoms with Crippen molar-refractivity contribution in [2.45, 2.75) is 25.7 Å². The Morgan fingerprint density at radius 3 is 1.50 bits per heavy atom. The molecule has 2 saturated heterocycles. The van der Waals surface area contributed by atoms with Gasteiger partial charge in [-0.2, -0.15) is 0 Å². The molecule has 2 heteroatoms. The molecule has 2 fully saturated rings. The smallest absolute Gasteiger partial charge is 0.0202 e. The topological polar surface area (TPSA) is 6.48 Å². The van der Waals surface area contributed by atoms with Gasteiger partial charge in [0, 0.05) is 13.1 Å². The van der Waals surface area contributed by atoms with Crippen LogP contribution < -0.4 is 0 Å². The molecule has 2 rings (SSSR count). The molecule has 0 saturated carbocycles. The molecule has 0 amide bonds. The van der Waals surface area contributed by atoms with E-state index in [1.54, 1.807) is 0 Å². The standard InChI is InChI=1S/C12H22N2/c1-12(10-13-6-2-3-7-13)11-14-8-4-5-9-14/h1-11H2. The lowest BCUT2D eigenvalue weighted by atomic mass is 10.2. The highest BCUT2D eigenvalue weighted by Crippen LogP contribution is 2.12. The van der Waals surface area contributed by atoms with Gasteiger partial charge in [-0.05, 0) is 57.4 Å². The summed E-state index contributed by atoms with van der Waals surface area (Å²) in [6, 6.07) is 0. The summed E-state index contributed by atoms with van der Waals surface area (Å²) in [5.74, 6) is 0. The van der Waals surface area contributed by atoms with Crippen molar-refractivity contribution in [3.63, 3.8) is 0 Å². The van der Waals surface area contributed by atoms with Crippen LogP contribution in [-0.4, -0.2) is 49.1 Å². The Hall–Kier alpha value is -0.340. The fourth-order valence-corrected chi connectivity index (χ4v) is 2.56. The van der Waals surface area contributed by atoms with Crippen LogP contribution in [0, 0.1) is 0 Å². The van der Waals surface area contributed by atoms with Gasteiger partial charge in [0.25, 0.3) is 0 Å². The first-order valence-corrected chi connectivity index (χ1v) is 5.96. The van der Waals surface area contributed by atoms with E-state index in [4.69, 9.17) is 0 Å². The lowest BCUT2D eigenvalue weighted by molar-refractivity contribution is 0.327. The van der Waals surface area contributed by atoms with E-state index in [2.05, 4.69) is 16.4 Å². The maximum atomic E-state index is 4.20. The highest BCUT2D eigenvalue weighted by molar-refractivity contribution is 5.01. The Balaban J connectivity index is 1.66. The summed E-state index contributed by atoms with van der Waals surface area (Å²) in [7, 11) is 0. The summed E-state index contributed by atoms with van der Waals surface area (Å²) >= 11 is 0. The summed E-state index contributed by atoms with van der Waals surface area (Å²) in [4.78, 5) is 5.08. The third-order valence-corrected chi connectivity index (χ3v) is 3.29. The maximum absolute atomic E-state index is 4.20. The lowest BCUT2D eigenvalue weighted by Gasteiger charge is -2.20. The number of hydrogen-bond acceptors (Lipinski definition) is 2. The Morgan fingerprint density at radius 1 is 0.786 bits per heavy atom. The fraction of sp³-hybridized carbons (Fsp3) is 0.833. The second-order valence-electron chi connectivity index (χ2n) is 4.72. The highest BCUT2D eigenvalue weighted by atomic mass is 15.2. The van der Waals surface area contributed by atoms with Gasteiger partial charge in [-0.25, -0.2) is 0 Å². The predicted molar refractivity (Wildman–Crippen MR) is 60.5 cm³/mol. The third-order valence-electron chi connectivity index (χ3n) is 3.29. The van der Waals surface area contributed by atoms with Crippen molar-refractivity contribution in [3.05, 3.63) is 12.2 Å². The van der Waals surface area contributed by atoms with Gasteiger partial charge < -0.3 is 0 Å². The summed E-state index contributed by atoms with van der Waals surface area (Å²) < 4.78 is 0. The number of nitrogens with zero attached hydrogens (tertiary/aromatic N) is 2. The molecule has 0 spiro atoms. The molecule has 0 aromatic carbocycles. The zero-order valence-electron chi connectivity index (χ0n) is 9.17. The normalized spacial score (nSPS) is 24.6. The fourth-order valence-electron chi connectivity index (χ4n) is 2.56. The number of rotatable bonds is 4. The largest absolute Gasteiger partial charge is 0.299 e. The molecule has 0 aliphatic carbocycles. The number of hydrogen-bond donors (Lipinski definition) is 0. The second kappa shape index (κ2) is 4.94. The van der Waals surface area contributed by atoms with Crippen LogP contribution in [0.2, 0.25) is 0 Å². The van der Waals surface area contributed by atoms with Gasteiger partial charge in [0.15, 0.2) is 0 Å². The minimum atomic E-state index is 1.14. The molecule has 2 nitrogen and oxygen atoms in total. The molecule has 0 bridgehead atoms. The van der Waals surface area contributed by atoms with E-state index >= 15 is 0 Å². The van der Waals surface area contributed by atoms with Crippen molar-refractivity contribution in [1.82, 2.24) is 9.80 Å². The summed E-state index contributed by atoms with van der Waals surface area (Å²) in [6.45, 7) is 11.6. The van der Waals surface area contributed by atoms with E-state index in [1.807, 2.05) is 0 Å². The van der Waals surface area contributed by atoms with Gasteiger partial charge in [0.2, 0.25) is 0 Å². The number of likely N-dealkylation sites (tertiary alicyclic amines) is 2. The van der Waals surface area contributed by atoms with Crippen molar-refractivity contribution >= 4 is 0 Å². The highest BCUT2D eigenvalue weighted by Gasteiger charge is 2.15. The Labute approximate surface area is 87.6 Å². The maximum Gasteiger partial charge on any atom is 0.0202 e. The molecule has 0 radical (unpaired) electrons. The van der Waals surface area contributed by atoms with Crippen LogP contribution in [0.15, 0.2) is 12.2 Å². The average molecular weight is 194 g/mol. The van der Waals surface area contributed by atoms with E-state index in [0.29, 0.717) is 0 Å². The molecule has 2 aliphatic rings. The summed E-state index contributed by atoms with van der Waals surface area (Å²) in [5.41, 5.74) is 1.41. The van der Waals surface area contributed by atoms with E-state index in [0.717, 1.165) is 13.1 Å². The van der Waals surface area contributed by atoms with Crippen LogP contribution in [0.3, 0.4) is 0 Å². The molecule has 0 unspecified atom stereocenters. The Morgan fingerprint density at radius 2 is 1.14 bits per heavy atom. The van der Waals surface area contributed by atoms with Gasteiger partial charge in [-0.15, -0.1) is 0 Å². The van der Waals surface area contributed by atoms with Crippen molar-refractivity contribution in [2.24, 2.45) is 0 Å². The summed E-state index contributed by atoms with van der Waals surface area (Å²) in [6.07, 6.45) is 5.54.